The number of allylic oxidation sites excluding steroid dienone is 2. The fourth-order valence-electron chi connectivity index (χ4n) is 9.60. The largest absolute Gasteiger partial charge is 0.311 e. The molecule has 0 spiro atoms. The number of anilines is 6. The van der Waals surface area contributed by atoms with Gasteiger partial charge in [0, 0.05) is 56.0 Å². The van der Waals surface area contributed by atoms with E-state index in [-0.39, 0.29) is 0 Å². The van der Waals surface area contributed by atoms with Crippen molar-refractivity contribution in [2.75, 3.05) is 9.80 Å². The Morgan fingerprint density at radius 3 is 1.26 bits per heavy atom. The summed E-state index contributed by atoms with van der Waals surface area (Å²) in [5.74, 6) is 0. The third kappa shape index (κ3) is 7.33. The highest BCUT2D eigenvalue weighted by Crippen LogP contribution is 2.43. The maximum atomic E-state index is 3.98. The first kappa shape index (κ1) is 40.1. The molecule has 0 atom stereocenters. The Bertz CT molecular complexity index is 3460. The maximum Gasteiger partial charge on any atom is 0.0625 e. The molecule has 66 heavy (non-hydrogen) atoms. The van der Waals surface area contributed by atoms with Crippen LogP contribution in [-0.4, -0.2) is 4.57 Å². The van der Waals surface area contributed by atoms with Gasteiger partial charge in [-0.3, -0.25) is 0 Å². The highest BCUT2D eigenvalue weighted by atomic mass is 15.2. The fraction of sp³-hybridized carbons (Fsp3) is 0.0159. The molecule has 0 aliphatic heterocycles. The van der Waals surface area contributed by atoms with Crippen LogP contribution in [0.1, 0.15) is 11.1 Å². The standard InChI is InChI=1S/C63H47N3/c1-3-4-24-58-45(2)57-25-14-15-26-59(57)63-62(58)60-27-16-17-28-61(60)66(63)56-39-33-49(34-40-56)48-31-37-53(38-32-48)65(52-35-29-47(30-36-52)46-18-8-5-9-19-46)55-43-41-54(42-44-55)64(50-20-10-6-11-21-50)51-22-12-7-13-23-51/h3-44H,1H2,2H3/b24-4-. The first-order chi connectivity index (χ1) is 32.6. The van der Waals surface area contributed by atoms with Gasteiger partial charge in [-0.2, -0.15) is 0 Å². The second-order valence-corrected chi connectivity index (χ2v) is 16.6. The lowest BCUT2D eigenvalue weighted by Gasteiger charge is -2.28. The molecule has 0 saturated carbocycles. The van der Waals surface area contributed by atoms with Gasteiger partial charge in [-0.05, 0) is 137 Å². The van der Waals surface area contributed by atoms with Crippen LogP contribution in [0, 0.1) is 6.92 Å². The lowest BCUT2D eigenvalue weighted by Crippen LogP contribution is -2.12. The summed E-state index contributed by atoms with van der Waals surface area (Å²) in [7, 11) is 0. The summed E-state index contributed by atoms with van der Waals surface area (Å²) < 4.78 is 2.44. The number of aromatic nitrogens is 1. The Morgan fingerprint density at radius 1 is 0.379 bits per heavy atom. The van der Waals surface area contributed by atoms with E-state index >= 15 is 0 Å². The molecule has 0 saturated heterocycles. The van der Waals surface area contributed by atoms with Crippen LogP contribution in [0.3, 0.4) is 0 Å². The van der Waals surface area contributed by atoms with E-state index in [2.05, 4.69) is 271 Å². The monoisotopic (exact) mass is 845 g/mol. The van der Waals surface area contributed by atoms with Crippen molar-refractivity contribution in [3.05, 3.63) is 266 Å². The van der Waals surface area contributed by atoms with Crippen molar-refractivity contribution in [3.8, 4) is 27.9 Å². The van der Waals surface area contributed by atoms with Crippen LogP contribution in [0.4, 0.5) is 34.1 Å². The molecular weight excluding hydrogens is 799 g/mol. The van der Waals surface area contributed by atoms with Gasteiger partial charge in [0.25, 0.3) is 0 Å². The van der Waals surface area contributed by atoms with Crippen molar-refractivity contribution < 1.29 is 0 Å². The van der Waals surface area contributed by atoms with Crippen LogP contribution in [0.5, 0.6) is 0 Å². The van der Waals surface area contributed by atoms with E-state index in [1.165, 1.54) is 54.8 Å². The number of benzene rings is 10. The van der Waals surface area contributed by atoms with Crippen LogP contribution in [0.25, 0.3) is 66.6 Å². The van der Waals surface area contributed by atoms with Gasteiger partial charge in [0.05, 0.1) is 11.0 Å². The summed E-state index contributed by atoms with van der Waals surface area (Å²) >= 11 is 0. The fourth-order valence-corrected chi connectivity index (χ4v) is 9.60. The van der Waals surface area contributed by atoms with Crippen molar-refractivity contribution in [3.63, 3.8) is 0 Å². The molecule has 1 aromatic heterocycles. The molecular formula is C63H47N3. The molecule has 0 aliphatic rings. The zero-order valence-corrected chi connectivity index (χ0v) is 36.8. The minimum Gasteiger partial charge on any atom is -0.311 e. The summed E-state index contributed by atoms with van der Waals surface area (Å²) in [5.41, 5.74) is 17.3. The maximum absolute atomic E-state index is 3.98. The topological polar surface area (TPSA) is 11.4 Å². The Labute approximate surface area is 386 Å². The molecule has 3 nitrogen and oxygen atoms in total. The average Bonchev–Trinajstić information content (AvgIpc) is 3.74. The van der Waals surface area contributed by atoms with Gasteiger partial charge in [-0.15, -0.1) is 0 Å². The summed E-state index contributed by atoms with van der Waals surface area (Å²) in [6.07, 6.45) is 6.11. The third-order valence-electron chi connectivity index (χ3n) is 12.7. The van der Waals surface area contributed by atoms with Crippen LogP contribution in [0.2, 0.25) is 0 Å². The van der Waals surface area contributed by atoms with Crippen molar-refractivity contribution >= 4 is 72.8 Å². The lowest BCUT2D eigenvalue weighted by molar-refractivity contribution is 1.19. The molecule has 0 amide bonds. The number of aryl methyl sites for hydroxylation is 1. The summed E-state index contributed by atoms with van der Waals surface area (Å²) in [6.45, 7) is 6.22. The van der Waals surface area contributed by atoms with Crippen molar-refractivity contribution in [2.45, 2.75) is 6.92 Å². The van der Waals surface area contributed by atoms with E-state index in [4.69, 9.17) is 0 Å². The molecule has 0 radical (unpaired) electrons. The molecule has 11 aromatic rings. The average molecular weight is 846 g/mol. The van der Waals surface area contributed by atoms with Gasteiger partial charge in [-0.25, -0.2) is 0 Å². The van der Waals surface area contributed by atoms with Crippen molar-refractivity contribution in [2.24, 2.45) is 0 Å². The SMILES string of the molecule is C=C/C=C\c1c(C)c2ccccc2c2c1c1ccccc1n2-c1ccc(-c2ccc(N(c3ccc(-c4ccccc4)cc3)c3ccc(N(c4ccccc4)c4ccccc4)cc3)cc2)cc1. The van der Waals surface area contributed by atoms with Gasteiger partial charge in [0.1, 0.15) is 0 Å². The minimum atomic E-state index is 1.07. The van der Waals surface area contributed by atoms with Crippen LogP contribution in [-0.2, 0) is 0 Å². The quantitative estimate of drug-likeness (QED) is 0.120. The smallest absolute Gasteiger partial charge is 0.0625 e. The Kier molecular flexibility index (Phi) is 10.6. The van der Waals surface area contributed by atoms with E-state index in [0.717, 1.165) is 50.9 Å². The predicted octanol–water partition coefficient (Wildman–Crippen LogP) is 17.7. The Balaban J connectivity index is 0.967. The highest BCUT2D eigenvalue weighted by Gasteiger charge is 2.21. The van der Waals surface area contributed by atoms with Crippen LogP contribution in [0.15, 0.2) is 255 Å². The molecule has 1 heterocycles. The van der Waals surface area contributed by atoms with E-state index in [0.29, 0.717) is 0 Å². The summed E-state index contributed by atoms with van der Waals surface area (Å²) in [6, 6.07) is 85.0. The third-order valence-corrected chi connectivity index (χ3v) is 12.7. The van der Waals surface area contributed by atoms with Crippen molar-refractivity contribution in [1.29, 1.82) is 0 Å². The number of fused-ring (bicyclic) bond motifs is 5. The Morgan fingerprint density at radius 2 is 0.758 bits per heavy atom. The predicted molar refractivity (Wildman–Crippen MR) is 282 cm³/mol. The minimum absolute atomic E-state index is 1.07. The van der Waals surface area contributed by atoms with Crippen LogP contribution < -0.4 is 9.80 Å². The Hall–Kier alpha value is -8.66. The molecule has 10 aromatic carbocycles. The van der Waals surface area contributed by atoms with E-state index in [9.17, 15) is 0 Å². The summed E-state index contributed by atoms with van der Waals surface area (Å²) in [4.78, 5) is 4.64. The van der Waals surface area contributed by atoms with Gasteiger partial charge >= 0.3 is 0 Å². The first-order valence-corrected chi connectivity index (χ1v) is 22.5. The molecule has 0 aliphatic carbocycles. The second kappa shape index (κ2) is 17.5. The number of hydrogen-bond donors (Lipinski definition) is 0. The molecule has 314 valence electrons. The zero-order chi connectivity index (χ0) is 44.4. The molecule has 0 fully saturated rings. The first-order valence-electron chi connectivity index (χ1n) is 22.5. The van der Waals surface area contributed by atoms with Crippen LogP contribution >= 0.6 is 0 Å². The molecule has 0 bridgehead atoms. The molecule has 11 rings (SSSR count). The van der Waals surface area contributed by atoms with Gasteiger partial charge in [-0.1, -0.05) is 170 Å². The van der Waals surface area contributed by atoms with Crippen molar-refractivity contribution in [1.82, 2.24) is 4.57 Å². The van der Waals surface area contributed by atoms with E-state index < -0.39 is 0 Å². The van der Waals surface area contributed by atoms with E-state index in [1.807, 2.05) is 12.2 Å². The molecule has 0 N–H and O–H groups in total. The molecule has 3 heteroatoms. The number of para-hydroxylation sites is 3. The van der Waals surface area contributed by atoms with E-state index in [1.54, 1.807) is 0 Å². The highest BCUT2D eigenvalue weighted by molar-refractivity contribution is 6.22. The number of hydrogen-bond acceptors (Lipinski definition) is 2. The van der Waals surface area contributed by atoms with Gasteiger partial charge in [0.2, 0.25) is 0 Å². The second-order valence-electron chi connectivity index (χ2n) is 16.6. The number of nitrogens with zero attached hydrogens (tertiary/aromatic N) is 3. The number of rotatable bonds is 11. The van der Waals surface area contributed by atoms with Gasteiger partial charge < -0.3 is 14.4 Å². The summed E-state index contributed by atoms with van der Waals surface area (Å²) in [5, 5.41) is 5.00. The van der Waals surface area contributed by atoms with Gasteiger partial charge in [0.15, 0.2) is 0 Å². The zero-order valence-electron chi connectivity index (χ0n) is 36.8. The normalized spacial score (nSPS) is 11.4. The lowest BCUT2D eigenvalue weighted by atomic mass is 9.94. The molecule has 0 unspecified atom stereocenters.